The van der Waals surface area contributed by atoms with Crippen LogP contribution >= 0.6 is 11.8 Å². The standard InChI is InChI=1S/C10H17NO4S/c1-7(10(13)14)16-6-9(12)11-5-8-3-2-4-15-8/h7-8H,2-6H2,1H3,(H,11,12)(H,13,14). The van der Waals surface area contributed by atoms with Gasteiger partial charge in [0.25, 0.3) is 0 Å². The number of ether oxygens (including phenoxy) is 1. The maximum Gasteiger partial charge on any atom is 0.316 e. The van der Waals surface area contributed by atoms with Crippen molar-refractivity contribution in [1.29, 1.82) is 0 Å². The zero-order chi connectivity index (χ0) is 12.0. The van der Waals surface area contributed by atoms with Gasteiger partial charge in [0.05, 0.1) is 17.1 Å². The van der Waals surface area contributed by atoms with Gasteiger partial charge in [-0.2, -0.15) is 0 Å². The van der Waals surface area contributed by atoms with Gasteiger partial charge in [-0.15, -0.1) is 11.8 Å². The molecule has 0 bridgehead atoms. The van der Waals surface area contributed by atoms with E-state index in [9.17, 15) is 9.59 Å². The maximum atomic E-state index is 11.3. The fraction of sp³-hybridized carbons (Fsp3) is 0.800. The minimum atomic E-state index is -0.892. The smallest absolute Gasteiger partial charge is 0.316 e. The van der Waals surface area contributed by atoms with Crippen LogP contribution in [0.1, 0.15) is 19.8 Å². The highest BCUT2D eigenvalue weighted by molar-refractivity contribution is 8.01. The number of hydrogen-bond acceptors (Lipinski definition) is 4. The maximum absolute atomic E-state index is 11.3. The molecule has 1 aliphatic rings. The first-order valence-electron chi connectivity index (χ1n) is 5.32. The molecule has 0 aromatic rings. The highest BCUT2D eigenvalue weighted by Gasteiger charge is 2.17. The number of aliphatic carboxylic acids is 1. The molecule has 1 rings (SSSR count). The SMILES string of the molecule is CC(SCC(=O)NCC1CCCO1)C(=O)O. The van der Waals surface area contributed by atoms with E-state index in [0.29, 0.717) is 6.54 Å². The van der Waals surface area contributed by atoms with E-state index in [1.54, 1.807) is 6.92 Å². The summed E-state index contributed by atoms with van der Waals surface area (Å²) < 4.78 is 5.35. The van der Waals surface area contributed by atoms with Gasteiger partial charge in [-0.3, -0.25) is 9.59 Å². The predicted molar refractivity (Wildman–Crippen MR) is 61.5 cm³/mol. The Morgan fingerprint density at radius 2 is 2.38 bits per heavy atom. The second kappa shape index (κ2) is 6.75. The van der Waals surface area contributed by atoms with Crippen molar-refractivity contribution in [1.82, 2.24) is 5.32 Å². The van der Waals surface area contributed by atoms with Gasteiger partial charge in [0.1, 0.15) is 0 Å². The molecule has 1 saturated heterocycles. The van der Waals surface area contributed by atoms with Crippen LogP contribution in [-0.2, 0) is 14.3 Å². The third kappa shape index (κ3) is 4.85. The molecule has 2 atom stereocenters. The first kappa shape index (κ1) is 13.3. The number of carboxylic acid groups (broad SMARTS) is 1. The van der Waals surface area contributed by atoms with E-state index in [1.165, 1.54) is 0 Å². The molecule has 0 spiro atoms. The molecular formula is C10H17NO4S. The summed E-state index contributed by atoms with van der Waals surface area (Å²) in [5.41, 5.74) is 0. The van der Waals surface area contributed by atoms with E-state index in [2.05, 4.69) is 5.32 Å². The number of amides is 1. The summed E-state index contributed by atoms with van der Waals surface area (Å²) in [6.45, 7) is 2.87. The molecule has 0 radical (unpaired) electrons. The molecule has 0 aromatic heterocycles. The summed E-state index contributed by atoms with van der Waals surface area (Å²) in [6.07, 6.45) is 2.16. The Balaban J connectivity index is 2.08. The quantitative estimate of drug-likeness (QED) is 0.714. The van der Waals surface area contributed by atoms with Crippen LogP contribution < -0.4 is 5.32 Å². The highest BCUT2D eigenvalue weighted by atomic mass is 32.2. The van der Waals surface area contributed by atoms with E-state index in [-0.39, 0.29) is 17.8 Å². The van der Waals surface area contributed by atoms with Crippen molar-refractivity contribution >= 4 is 23.6 Å². The average molecular weight is 247 g/mol. The lowest BCUT2D eigenvalue weighted by molar-refractivity contribution is -0.136. The molecule has 1 amide bonds. The molecule has 92 valence electrons. The first-order chi connectivity index (χ1) is 7.59. The van der Waals surface area contributed by atoms with Crippen molar-refractivity contribution < 1.29 is 19.4 Å². The largest absolute Gasteiger partial charge is 0.480 e. The lowest BCUT2D eigenvalue weighted by Crippen LogP contribution is -2.33. The van der Waals surface area contributed by atoms with Crippen LogP contribution in [0.25, 0.3) is 0 Å². The normalized spacial score (nSPS) is 21.7. The van der Waals surface area contributed by atoms with Crippen molar-refractivity contribution in [3.63, 3.8) is 0 Å². The zero-order valence-corrected chi connectivity index (χ0v) is 10.1. The average Bonchev–Trinajstić information content (AvgIpc) is 2.75. The number of carbonyl (C=O) groups excluding carboxylic acids is 1. The topological polar surface area (TPSA) is 75.6 Å². The van der Waals surface area contributed by atoms with E-state index in [4.69, 9.17) is 9.84 Å². The van der Waals surface area contributed by atoms with Crippen LogP contribution in [0, 0.1) is 0 Å². The van der Waals surface area contributed by atoms with Gasteiger partial charge in [0.15, 0.2) is 0 Å². The van der Waals surface area contributed by atoms with E-state index < -0.39 is 11.2 Å². The molecular weight excluding hydrogens is 230 g/mol. The summed E-state index contributed by atoms with van der Waals surface area (Å²) in [5.74, 6) is -0.842. The fourth-order valence-corrected chi connectivity index (χ4v) is 2.00. The molecule has 1 heterocycles. The van der Waals surface area contributed by atoms with Gasteiger partial charge in [0.2, 0.25) is 5.91 Å². The third-order valence-corrected chi connectivity index (χ3v) is 3.49. The monoisotopic (exact) mass is 247 g/mol. The lowest BCUT2D eigenvalue weighted by atomic mass is 10.2. The Hall–Kier alpha value is -0.750. The van der Waals surface area contributed by atoms with Gasteiger partial charge >= 0.3 is 5.97 Å². The van der Waals surface area contributed by atoms with E-state index in [0.717, 1.165) is 31.2 Å². The summed E-state index contributed by atoms with van der Waals surface area (Å²) in [7, 11) is 0. The number of hydrogen-bond donors (Lipinski definition) is 2. The first-order valence-corrected chi connectivity index (χ1v) is 6.37. The van der Waals surface area contributed by atoms with Crippen molar-refractivity contribution in [3.05, 3.63) is 0 Å². The summed E-state index contributed by atoms with van der Waals surface area (Å²) in [4.78, 5) is 21.9. The molecule has 2 N–H and O–H groups in total. The van der Waals surface area contributed by atoms with Gasteiger partial charge in [0, 0.05) is 13.2 Å². The minimum absolute atomic E-state index is 0.130. The van der Waals surface area contributed by atoms with E-state index >= 15 is 0 Å². The number of thioether (sulfide) groups is 1. The zero-order valence-electron chi connectivity index (χ0n) is 9.27. The van der Waals surface area contributed by atoms with Crippen molar-refractivity contribution in [2.45, 2.75) is 31.1 Å². The Kier molecular flexibility index (Phi) is 5.62. The van der Waals surface area contributed by atoms with Gasteiger partial charge in [-0.05, 0) is 19.8 Å². The molecule has 0 aromatic carbocycles. The van der Waals surface area contributed by atoms with Gasteiger partial charge < -0.3 is 15.2 Å². The Bertz CT molecular complexity index is 253. The van der Waals surface area contributed by atoms with E-state index in [1.807, 2.05) is 0 Å². The second-order valence-electron chi connectivity index (χ2n) is 3.73. The Labute approximate surface area is 98.9 Å². The highest BCUT2D eigenvalue weighted by Crippen LogP contribution is 2.11. The lowest BCUT2D eigenvalue weighted by Gasteiger charge is -2.11. The molecule has 0 aliphatic carbocycles. The van der Waals surface area contributed by atoms with Crippen LogP contribution in [0.4, 0.5) is 0 Å². The second-order valence-corrected chi connectivity index (χ2v) is 5.06. The summed E-state index contributed by atoms with van der Waals surface area (Å²) in [5, 5.41) is 10.8. The molecule has 1 fully saturated rings. The summed E-state index contributed by atoms with van der Waals surface area (Å²) in [6, 6.07) is 0. The van der Waals surface area contributed by atoms with Crippen molar-refractivity contribution in [2.75, 3.05) is 18.9 Å². The molecule has 0 saturated carbocycles. The third-order valence-electron chi connectivity index (χ3n) is 2.36. The van der Waals surface area contributed by atoms with Gasteiger partial charge in [-0.25, -0.2) is 0 Å². The van der Waals surface area contributed by atoms with Crippen molar-refractivity contribution in [2.24, 2.45) is 0 Å². The van der Waals surface area contributed by atoms with Crippen LogP contribution in [0.5, 0.6) is 0 Å². The number of carboxylic acids is 1. The van der Waals surface area contributed by atoms with Crippen LogP contribution in [0.15, 0.2) is 0 Å². The molecule has 1 aliphatic heterocycles. The molecule has 16 heavy (non-hydrogen) atoms. The molecule has 6 heteroatoms. The summed E-state index contributed by atoms with van der Waals surface area (Å²) >= 11 is 1.12. The van der Waals surface area contributed by atoms with Gasteiger partial charge in [-0.1, -0.05) is 0 Å². The van der Waals surface area contributed by atoms with Crippen molar-refractivity contribution in [3.8, 4) is 0 Å². The molecule has 5 nitrogen and oxygen atoms in total. The van der Waals surface area contributed by atoms with Crippen LogP contribution in [0.2, 0.25) is 0 Å². The number of nitrogens with one attached hydrogen (secondary N) is 1. The fourth-order valence-electron chi connectivity index (χ4n) is 1.36. The Morgan fingerprint density at radius 3 is 2.94 bits per heavy atom. The predicted octanol–water partition coefficient (Wildman–Crippen LogP) is 0.488. The Morgan fingerprint density at radius 1 is 1.62 bits per heavy atom. The van der Waals surface area contributed by atoms with Crippen LogP contribution in [0.3, 0.4) is 0 Å². The number of carbonyl (C=O) groups is 2. The molecule has 2 unspecified atom stereocenters. The number of rotatable bonds is 6. The minimum Gasteiger partial charge on any atom is -0.480 e. The van der Waals surface area contributed by atoms with Crippen LogP contribution in [-0.4, -0.2) is 47.2 Å².